The zero-order chi connectivity index (χ0) is 11.5. The van der Waals surface area contributed by atoms with E-state index in [-0.39, 0.29) is 5.25 Å². The van der Waals surface area contributed by atoms with Crippen molar-refractivity contribution >= 4 is 10.8 Å². The van der Waals surface area contributed by atoms with Crippen molar-refractivity contribution in [3.63, 3.8) is 0 Å². The van der Waals surface area contributed by atoms with Crippen LogP contribution in [0.4, 0.5) is 0 Å². The molecule has 0 spiro atoms. The van der Waals surface area contributed by atoms with Gasteiger partial charge in [-0.3, -0.25) is 4.21 Å². The average molecular weight is 241 g/mol. The fourth-order valence-corrected chi connectivity index (χ4v) is 2.45. The molecular formula is C12H19NO2S. The summed E-state index contributed by atoms with van der Waals surface area (Å²) in [6.45, 7) is 2.82. The van der Waals surface area contributed by atoms with E-state index in [4.69, 9.17) is 4.42 Å². The molecule has 3 nitrogen and oxygen atoms in total. The van der Waals surface area contributed by atoms with Crippen LogP contribution < -0.4 is 5.32 Å². The molecule has 1 N–H and O–H groups in total. The van der Waals surface area contributed by atoms with Crippen LogP contribution in [0, 0.1) is 0 Å². The minimum Gasteiger partial charge on any atom is -0.469 e. The molecule has 90 valence electrons. The van der Waals surface area contributed by atoms with E-state index in [1.165, 1.54) is 12.0 Å². The van der Waals surface area contributed by atoms with Gasteiger partial charge in [0.1, 0.15) is 5.76 Å². The fourth-order valence-electron chi connectivity index (χ4n) is 2.12. The molecule has 1 aliphatic rings. The molecule has 16 heavy (non-hydrogen) atoms. The van der Waals surface area contributed by atoms with Gasteiger partial charge >= 0.3 is 0 Å². The van der Waals surface area contributed by atoms with Crippen molar-refractivity contribution in [2.24, 2.45) is 0 Å². The predicted octanol–water partition coefficient (Wildman–Crippen LogP) is 2.01. The number of nitrogens with one attached hydrogen (secondary N) is 1. The van der Waals surface area contributed by atoms with Gasteiger partial charge in [0.25, 0.3) is 0 Å². The Morgan fingerprint density at radius 1 is 1.69 bits per heavy atom. The number of fused-ring (bicyclic) bond motifs is 1. The highest BCUT2D eigenvalue weighted by molar-refractivity contribution is 7.84. The molecule has 2 rings (SSSR count). The van der Waals surface area contributed by atoms with Crippen LogP contribution in [-0.4, -0.2) is 22.3 Å². The van der Waals surface area contributed by atoms with E-state index in [2.05, 4.69) is 11.4 Å². The highest BCUT2D eigenvalue weighted by atomic mass is 32.2. The Bertz CT molecular complexity index is 375. The molecule has 0 bridgehead atoms. The minimum atomic E-state index is -0.749. The molecule has 0 saturated heterocycles. The minimum absolute atomic E-state index is 0.206. The van der Waals surface area contributed by atoms with Crippen LogP contribution in [0.25, 0.3) is 0 Å². The highest BCUT2D eigenvalue weighted by Gasteiger charge is 2.22. The Labute approximate surface area is 99.1 Å². The average Bonchev–Trinajstić information content (AvgIpc) is 2.73. The van der Waals surface area contributed by atoms with Gasteiger partial charge < -0.3 is 9.73 Å². The maximum Gasteiger partial charge on any atom is 0.108 e. The molecule has 0 aromatic carbocycles. The quantitative estimate of drug-likeness (QED) is 0.877. The van der Waals surface area contributed by atoms with Gasteiger partial charge in [0.15, 0.2) is 0 Å². The van der Waals surface area contributed by atoms with Crippen molar-refractivity contribution in [2.75, 3.05) is 12.8 Å². The van der Waals surface area contributed by atoms with Gasteiger partial charge in [-0.05, 0) is 25.8 Å². The van der Waals surface area contributed by atoms with Gasteiger partial charge in [-0.2, -0.15) is 0 Å². The van der Waals surface area contributed by atoms with Gasteiger partial charge in [0.05, 0.1) is 6.26 Å². The first-order valence-electron chi connectivity index (χ1n) is 5.80. The number of hydrogen-bond acceptors (Lipinski definition) is 3. The number of hydrogen-bond donors (Lipinski definition) is 1. The highest BCUT2D eigenvalue weighted by Crippen LogP contribution is 2.30. The van der Waals surface area contributed by atoms with Crippen molar-refractivity contribution in [1.82, 2.24) is 5.32 Å². The van der Waals surface area contributed by atoms with Gasteiger partial charge in [-0.25, -0.2) is 0 Å². The molecule has 1 aromatic heterocycles. The zero-order valence-electron chi connectivity index (χ0n) is 9.86. The molecule has 3 atom stereocenters. The van der Waals surface area contributed by atoms with Crippen molar-refractivity contribution in [3.8, 4) is 0 Å². The monoisotopic (exact) mass is 241 g/mol. The van der Waals surface area contributed by atoms with E-state index in [0.29, 0.717) is 6.04 Å². The van der Waals surface area contributed by atoms with Crippen molar-refractivity contribution < 1.29 is 8.63 Å². The Morgan fingerprint density at radius 2 is 2.50 bits per heavy atom. The Balaban J connectivity index is 1.95. The van der Waals surface area contributed by atoms with Crippen LogP contribution in [0.5, 0.6) is 0 Å². The normalized spacial score (nSPS) is 23.8. The Hall–Kier alpha value is -0.610. The summed E-state index contributed by atoms with van der Waals surface area (Å²) in [6, 6.07) is 2.44. The molecule has 0 fully saturated rings. The second kappa shape index (κ2) is 5.15. The third-order valence-corrected chi connectivity index (χ3v) is 4.57. The first kappa shape index (κ1) is 11.9. The van der Waals surface area contributed by atoms with Crippen LogP contribution in [0.1, 0.15) is 37.1 Å². The van der Waals surface area contributed by atoms with Gasteiger partial charge in [0, 0.05) is 46.9 Å². The summed E-state index contributed by atoms with van der Waals surface area (Å²) >= 11 is 0. The summed E-state index contributed by atoms with van der Waals surface area (Å²) in [5.74, 6) is 1.12. The number of rotatable bonds is 4. The summed E-state index contributed by atoms with van der Waals surface area (Å²) in [5.41, 5.74) is 1.29. The second-order valence-electron chi connectivity index (χ2n) is 4.46. The third-order valence-electron chi connectivity index (χ3n) is 3.27. The molecular weight excluding hydrogens is 222 g/mol. The lowest BCUT2D eigenvalue weighted by atomic mass is 9.93. The molecule has 1 heterocycles. The first-order valence-corrected chi connectivity index (χ1v) is 7.42. The maximum absolute atomic E-state index is 11.3. The lowest BCUT2D eigenvalue weighted by Crippen LogP contribution is -2.32. The van der Waals surface area contributed by atoms with Crippen LogP contribution in [0.15, 0.2) is 16.7 Å². The van der Waals surface area contributed by atoms with E-state index in [9.17, 15) is 4.21 Å². The summed E-state index contributed by atoms with van der Waals surface area (Å²) < 4.78 is 16.7. The van der Waals surface area contributed by atoms with Gasteiger partial charge in [-0.15, -0.1) is 0 Å². The molecule has 0 radical (unpaired) electrons. The largest absolute Gasteiger partial charge is 0.469 e. The summed E-state index contributed by atoms with van der Waals surface area (Å²) in [4.78, 5) is 0. The Morgan fingerprint density at radius 3 is 3.25 bits per heavy atom. The van der Waals surface area contributed by atoms with Crippen molar-refractivity contribution in [2.45, 2.75) is 37.5 Å². The third kappa shape index (κ3) is 2.55. The van der Waals surface area contributed by atoms with Crippen molar-refractivity contribution in [3.05, 3.63) is 23.7 Å². The second-order valence-corrected chi connectivity index (χ2v) is 6.26. The molecule has 1 aliphatic carbocycles. The number of furan rings is 1. The molecule has 1 aromatic rings. The lowest BCUT2D eigenvalue weighted by molar-refractivity contribution is 0.412. The summed E-state index contributed by atoms with van der Waals surface area (Å²) in [7, 11) is -0.749. The van der Waals surface area contributed by atoms with Crippen LogP contribution >= 0.6 is 0 Å². The van der Waals surface area contributed by atoms with E-state index in [0.717, 1.165) is 25.1 Å². The molecule has 0 aliphatic heterocycles. The van der Waals surface area contributed by atoms with Gasteiger partial charge in [-0.1, -0.05) is 0 Å². The van der Waals surface area contributed by atoms with Crippen LogP contribution in [-0.2, 0) is 17.2 Å². The molecule has 0 amide bonds. The summed E-state index contributed by atoms with van der Waals surface area (Å²) in [6.07, 6.45) is 6.90. The molecule has 4 heteroatoms. The number of aryl methyl sites for hydroxylation is 1. The van der Waals surface area contributed by atoms with Crippen molar-refractivity contribution in [1.29, 1.82) is 0 Å². The smallest absolute Gasteiger partial charge is 0.108 e. The maximum atomic E-state index is 11.3. The van der Waals surface area contributed by atoms with E-state index >= 15 is 0 Å². The van der Waals surface area contributed by atoms with E-state index in [1.54, 1.807) is 12.5 Å². The Kier molecular flexibility index (Phi) is 3.82. The first-order chi connectivity index (χ1) is 7.68. The predicted molar refractivity (Wildman–Crippen MR) is 65.9 cm³/mol. The lowest BCUT2D eigenvalue weighted by Gasteiger charge is -2.24. The summed E-state index contributed by atoms with van der Waals surface area (Å²) in [5, 5.41) is 3.70. The SMILES string of the molecule is CC(CNC1CCCc2occc21)S(C)=O. The molecule has 3 unspecified atom stereocenters. The standard InChI is InChI=1S/C12H19NO2S/c1-9(16(2)14)8-13-11-4-3-5-12-10(11)6-7-15-12/h6-7,9,11,13H,3-5,8H2,1-2H3. The van der Waals surface area contributed by atoms with E-state index < -0.39 is 10.8 Å². The zero-order valence-corrected chi connectivity index (χ0v) is 10.7. The van der Waals surface area contributed by atoms with E-state index in [1.807, 2.05) is 6.92 Å². The topological polar surface area (TPSA) is 42.2 Å². The van der Waals surface area contributed by atoms with Crippen LogP contribution in [0.3, 0.4) is 0 Å². The molecule has 0 saturated carbocycles. The fraction of sp³-hybridized carbons (Fsp3) is 0.667. The van der Waals surface area contributed by atoms with Gasteiger partial charge in [0.2, 0.25) is 0 Å². The van der Waals surface area contributed by atoms with Crippen LogP contribution in [0.2, 0.25) is 0 Å².